The van der Waals surface area contributed by atoms with Gasteiger partial charge in [0.15, 0.2) is 0 Å². The van der Waals surface area contributed by atoms with Crippen molar-refractivity contribution < 1.29 is 19.2 Å². The number of carbonyl (C=O) groups excluding carboxylic acids is 2. The van der Waals surface area contributed by atoms with Gasteiger partial charge in [0.1, 0.15) is 0 Å². The zero-order chi connectivity index (χ0) is 14.6. The molecule has 6 nitrogen and oxygen atoms in total. The molecule has 0 radical (unpaired) electrons. The number of benzene rings is 1. The van der Waals surface area contributed by atoms with Gasteiger partial charge >= 0.3 is 11.9 Å². The smallest absolute Gasteiger partial charge is 0.346 e. The molecule has 0 spiro atoms. The molecule has 1 rings (SSSR count). The van der Waals surface area contributed by atoms with E-state index in [9.17, 15) is 19.7 Å². The van der Waals surface area contributed by atoms with Crippen molar-refractivity contribution in [3.8, 4) is 0 Å². The summed E-state index contributed by atoms with van der Waals surface area (Å²) in [6.07, 6.45) is 0.410. The average Bonchev–Trinajstić information content (AvgIpc) is 2.37. The van der Waals surface area contributed by atoms with Gasteiger partial charge in [-0.05, 0) is 25.0 Å². The molecule has 0 saturated carbocycles. The van der Waals surface area contributed by atoms with E-state index < -0.39 is 16.9 Å². The van der Waals surface area contributed by atoms with Crippen LogP contribution in [0.4, 0.5) is 5.69 Å². The van der Waals surface area contributed by atoms with Crippen LogP contribution in [0.3, 0.4) is 0 Å². The van der Waals surface area contributed by atoms with Gasteiger partial charge in [0.2, 0.25) is 0 Å². The third-order valence-corrected chi connectivity index (χ3v) is 2.43. The summed E-state index contributed by atoms with van der Waals surface area (Å²) in [6, 6.07) is 3.77. The molecular weight excluding hydrogens is 250 g/mol. The maximum atomic E-state index is 11.8. The van der Waals surface area contributed by atoms with Crippen LogP contribution in [0.1, 0.15) is 29.8 Å². The Morgan fingerprint density at radius 3 is 2.53 bits per heavy atom. The molecular formula is C13H13NO5. The topological polar surface area (TPSA) is 86.5 Å². The first-order valence-electron chi connectivity index (χ1n) is 5.56. The number of nitro benzene ring substituents is 1. The van der Waals surface area contributed by atoms with Gasteiger partial charge in [0.05, 0.1) is 10.5 Å². The van der Waals surface area contributed by atoms with Crippen molar-refractivity contribution in [1.82, 2.24) is 0 Å². The standard InChI is InChI=1S/C13H13NO5/c1-4-9-7-10(14(17)18)5-6-11(9)13(16)19-12(15)8(2)3/h5-7H,2,4H2,1,3H3. The number of nitrogens with zero attached hydrogens (tertiary/aromatic N) is 1. The van der Waals surface area contributed by atoms with Gasteiger partial charge in [-0.25, -0.2) is 9.59 Å². The van der Waals surface area contributed by atoms with Gasteiger partial charge in [-0.15, -0.1) is 0 Å². The normalized spacial score (nSPS) is 9.79. The highest BCUT2D eigenvalue weighted by Gasteiger charge is 2.19. The molecule has 100 valence electrons. The number of aryl methyl sites for hydroxylation is 1. The third kappa shape index (κ3) is 3.48. The van der Waals surface area contributed by atoms with Crippen LogP contribution < -0.4 is 0 Å². The number of hydrogen-bond donors (Lipinski definition) is 0. The van der Waals surface area contributed by atoms with E-state index in [1.807, 2.05) is 0 Å². The first-order valence-corrected chi connectivity index (χ1v) is 5.56. The Bertz CT molecular complexity index is 562. The zero-order valence-electron chi connectivity index (χ0n) is 10.6. The second-order valence-electron chi connectivity index (χ2n) is 3.91. The number of ether oxygens (including phenoxy) is 1. The average molecular weight is 263 g/mol. The van der Waals surface area contributed by atoms with Crippen LogP contribution in [0.25, 0.3) is 0 Å². The fourth-order valence-corrected chi connectivity index (χ4v) is 1.41. The highest BCUT2D eigenvalue weighted by Crippen LogP contribution is 2.19. The van der Waals surface area contributed by atoms with Crippen molar-refractivity contribution in [3.05, 3.63) is 51.6 Å². The van der Waals surface area contributed by atoms with Crippen LogP contribution in [0.15, 0.2) is 30.4 Å². The summed E-state index contributed by atoms with van der Waals surface area (Å²) >= 11 is 0. The van der Waals surface area contributed by atoms with E-state index in [1.165, 1.54) is 25.1 Å². The molecule has 19 heavy (non-hydrogen) atoms. The van der Waals surface area contributed by atoms with Gasteiger partial charge in [-0.1, -0.05) is 13.5 Å². The van der Waals surface area contributed by atoms with Crippen molar-refractivity contribution in [2.45, 2.75) is 20.3 Å². The summed E-state index contributed by atoms with van der Waals surface area (Å²) < 4.78 is 4.59. The molecule has 0 fully saturated rings. The number of carbonyl (C=O) groups is 2. The van der Waals surface area contributed by atoms with Crippen molar-refractivity contribution in [2.75, 3.05) is 0 Å². The largest absolute Gasteiger partial charge is 0.386 e. The van der Waals surface area contributed by atoms with E-state index in [1.54, 1.807) is 6.92 Å². The van der Waals surface area contributed by atoms with Crippen molar-refractivity contribution in [1.29, 1.82) is 0 Å². The highest BCUT2D eigenvalue weighted by atomic mass is 16.6. The maximum absolute atomic E-state index is 11.8. The van der Waals surface area contributed by atoms with Gasteiger partial charge in [-0.3, -0.25) is 10.1 Å². The Hall–Kier alpha value is -2.50. The van der Waals surface area contributed by atoms with Crippen LogP contribution in [0.2, 0.25) is 0 Å². The van der Waals surface area contributed by atoms with E-state index in [0.717, 1.165) is 0 Å². The van der Waals surface area contributed by atoms with Gasteiger partial charge in [-0.2, -0.15) is 0 Å². The van der Waals surface area contributed by atoms with Crippen molar-refractivity contribution in [2.24, 2.45) is 0 Å². The number of non-ortho nitro benzene ring substituents is 1. The second-order valence-corrected chi connectivity index (χ2v) is 3.91. The van der Waals surface area contributed by atoms with Crippen LogP contribution >= 0.6 is 0 Å². The minimum atomic E-state index is -0.834. The lowest BCUT2D eigenvalue weighted by Gasteiger charge is -2.06. The fraction of sp³-hybridized carbons (Fsp3) is 0.231. The molecule has 0 bridgehead atoms. The maximum Gasteiger partial charge on any atom is 0.346 e. The lowest BCUT2D eigenvalue weighted by Crippen LogP contribution is -2.14. The van der Waals surface area contributed by atoms with E-state index in [4.69, 9.17) is 0 Å². The Labute approximate surface area is 109 Å². The molecule has 6 heteroatoms. The van der Waals surface area contributed by atoms with E-state index in [0.29, 0.717) is 12.0 Å². The molecule has 0 N–H and O–H groups in total. The fourth-order valence-electron chi connectivity index (χ4n) is 1.41. The Kier molecular flexibility index (Phi) is 4.52. The van der Waals surface area contributed by atoms with Crippen LogP contribution in [-0.2, 0) is 16.0 Å². The molecule has 0 atom stereocenters. The minimum Gasteiger partial charge on any atom is -0.386 e. The molecule has 0 saturated heterocycles. The first kappa shape index (κ1) is 14.6. The summed E-state index contributed by atoms with van der Waals surface area (Å²) in [6.45, 7) is 6.53. The zero-order valence-corrected chi connectivity index (χ0v) is 10.6. The summed E-state index contributed by atoms with van der Waals surface area (Å²) in [4.78, 5) is 33.1. The Morgan fingerprint density at radius 1 is 1.42 bits per heavy atom. The Balaban J connectivity index is 3.06. The number of rotatable bonds is 4. The van der Waals surface area contributed by atoms with Crippen molar-refractivity contribution >= 4 is 17.6 Å². The predicted molar refractivity (Wildman–Crippen MR) is 67.7 cm³/mol. The summed E-state index contributed by atoms with van der Waals surface area (Å²) in [5.41, 5.74) is 0.587. The van der Waals surface area contributed by atoms with E-state index >= 15 is 0 Å². The molecule has 0 unspecified atom stereocenters. The summed E-state index contributed by atoms with van der Waals surface area (Å²) in [5, 5.41) is 10.6. The van der Waals surface area contributed by atoms with Gasteiger partial charge in [0, 0.05) is 17.7 Å². The molecule has 0 aromatic heterocycles. The minimum absolute atomic E-state index is 0.105. The van der Waals surface area contributed by atoms with Crippen molar-refractivity contribution in [3.63, 3.8) is 0 Å². The summed E-state index contributed by atoms with van der Waals surface area (Å²) in [5.74, 6) is -1.65. The lowest BCUT2D eigenvalue weighted by atomic mass is 10.0. The van der Waals surface area contributed by atoms with E-state index in [2.05, 4.69) is 11.3 Å². The molecule has 0 aliphatic carbocycles. The third-order valence-electron chi connectivity index (χ3n) is 2.43. The quantitative estimate of drug-likeness (QED) is 0.274. The number of nitro groups is 1. The van der Waals surface area contributed by atoms with Crippen LogP contribution in [0, 0.1) is 10.1 Å². The number of esters is 2. The monoisotopic (exact) mass is 263 g/mol. The van der Waals surface area contributed by atoms with Crippen LogP contribution in [0.5, 0.6) is 0 Å². The van der Waals surface area contributed by atoms with Crippen LogP contribution in [-0.4, -0.2) is 16.9 Å². The summed E-state index contributed by atoms with van der Waals surface area (Å²) in [7, 11) is 0. The molecule has 1 aromatic carbocycles. The van der Waals surface area contributed by atoms with E-state index in [-0.39, 0.29) is 16.8 Å². The highest BCUT2D eigenvalue weighted by molar-refractivity contribution is 6.02. The molecule has 0 heterocycles. The molecule has 0 aliphatic rings. The molecule has 0 aliphatic heterocycles. The lowest BCUT2D eigenvalue weighted by molar-refractivity contribution is -0.384. The van der Waals surface area contributed by atoms with Gasteiger partial charge < -0.3 is 4.74 Å². The predicted octanol–water partition coefficient (Wildman–Crippen LogP) is 2.42. The molecule has 0 amide bonds. The Morgan fingerprint density at radius 2 is 2.05 bits per heavy atom. The SMILES string of the molecule is C=C(C)C(=O)OC(=O)c1ccc([N+](=O)[O-])cc1CC. The second kappa shape index (κ2) is 5.90. The molecule has 1 aromatic rings. The van der Waals surface area contributed by atoms with Gasteiger partial charge in [0.25, 0.3) is 5.69 Å². The first-order chi connectivity index (χ1) is 8.86. The number of hydrogen-bond acceptors (Lipinski definition) is 5.